The molecule has 1 amide bonds. The smallest absolute Gasteiger partial charge is 0.254 e. The molecule has 0 aliphatic carbocycles. The number of furan rings is 1. The van der Waals surface area contributed by atoms with Crippen LogP contribution in [0.1, 0.15) is 30.6 Å². The van der Waals surface area contributed by atoms with Crippen LogP contribution in [0, 0.1) is 5.92 Å². The van der Waals surface area contributed by atoms with Crippen molar-refractivity contribution < 1.29 is 9.21 Å². The molecule has 0 radical (unpaired) electrons. The molecule has 1 unspecified atom stereocenters. The molecule has 0 aliphatic rings. The molecule has 1 rings (SSSR count). The van der Waals surface area contributed by atoms with Gasteiger partial charge in [-0.05, 0) is 24.9 Å². The maximum atomic E-state index is 11.7. The Labute approximate surface area is 89.8 Å². The fourth-order valence-corrected chi connectivity index (χ4v) is 1.40. The number of hydrogen-bond acceptors (Lipinski definition) is 3. The molecule has 1 atom stereocenters. The molecule has 4 heteroatoms. The van der Waals surface area contributed by atoms with Gasteiger partial charge in [0.2, 0.25) is 0 Å². The number of hydrogen-bond donors (Lipinski definition) is 2. The van der Waals surface area contributed by atoms with Crippen LogP contribution in [0.2, 0.25) is 0 Å². The molecule has 3 N–H and O–H groups in total. The van der Waals surface area contributed by atoms with Gasteiger partial charge in [0.25, 0.3) is 5.91 Å². The summed E-state index contributed by atoms with van der Waals surface area (Å²) < 4.78 is 4.85. The van der Waals surface area contributed by atoms with Gasteiger partial charge in [-0.15, -0.1) is 0 Å². The molecular formula is C11H18N2O2. The molecule has 4 nitrogen and oxygen atoms in total. The second kappa shape index (κ2) is 5.56. The summed E-state index contributed by atoms with van der Waals surface area (Å²) in [7, 11) is 0. The zero-order chi connectivity index (χ0) is 11.3. The molecule has 15 heavy (non-hydrogen) atoms. The van der Waals surface area contributed by atoms with Gasteiger partial charge in [-0.25, -0.2) is 0 Å². The van der Waals surface area contributed by atoms with Crippen molar-refractivity contribution in [3.8, 4) is 0 Å². The predicted molar refractivity (Wildman–Crippen MR) is 58.5 cm³/mol. The van der Waals surface area contributed by atoms with Crippen LogP contribution < -0.4 is 11.1 Å². The lowest BCUT2D eigenvalue weighted by atomic mass is 10.0. The Kier molecular flexibility index (Phi) is 4.37. The second-order valence-corrected chi connectivity index (χ2v) is 3.91. The van der Waals surface area contributed by atoms with E-state index in [2.05, 4.69) is 19.2 Å². The summed E-state index contributed by atoms with van der Waals surface area (Å²) in [6.45, 7) is 4.71. The number of nitrogens with one attached hydrogen (secondary N) is 1. The van der Waals surface area contributed by atoms with Gasteiger partial charge in [-0.2, -0.15) is 0 Å². The van der Waals surface area contributed by atoms with Crippen LogP contribution in [-0.2, 0) is 0 Å². The minimum atomic E-state index is -0.101. The lowest BCUT2D eigenvalue weighted by Gasteiger charge is -2.21. The third-order valence-corrected chi connectivity index (χ3v) is 2.38. The highest BCUT2D eigenvalue weighted by Crippen LogP contribution is 2.07. The van der Waals surface area contributed by atoms with Crippen LogP contribution in [0.4, 0.5) is 0 Å². The lowest BCUT2D eigenvalue weighted by Crippen LogP contribution is -2.39. The summed E-state index contributed by atoms with van der Waals surface area (Å²) in [5.74, 6) is 0.278. The van der Waals surface area contributed by atoms with Gasteiger partial charge in [0.15, 0.2) is 0 Å². The highest BCUT2D eigenvalue weighted by atomic mass is 16.3. The quantitative estimate of drug-likeness (QED) is 0.771. The summed E-state index contributed by atoms with van der Waals surface area (Å²) in [5.41, 5.74) is 6.05. The van der Waals surface area contributed by atoms with Gasteiger partial charge >= 0.3 is 0 Å². The largest absolute Gasteiger partial charge is 0.472 e. The van der Waals surface area contributed by atoms with Crippen molar-refractivity contribution in [2.45, 2.75) is 26.3 Å². The van der Waals surface area contributed by atoms with E-state index in [1.807, 2.05) is 0 Å². The summed E-state index contributed by atoms with van der Waals surface area (Å²) >= 11 is 0. The van der Waals surface area contributed by atoms with Gasteiger partial charge in [-0.3, -0.25) is 4.79 Å². The van der Waals surface area contributed by atoms with E-state index < -0.39 is 0 Å². The van der Waals surface area contributed by atoms with Gasteiger partial charge in [-0.1, -0.05) is 13.8 Å². The Hall–Kier alpha value is -1.29. The summed E-state index contributed by atoms with van der Waals surface area (Å²) in [6, 6.07) is 1.77. The zero-order valence-electron chi connectivity index (χ0n) is 9.19. The SMILES string of the molecule is CC(C)C(CCN)NC(=O)c1ccoc1. The number of rotatable bonds is 5. The molecule has 0 aromatic carbocycles. The molecule has 0 aliphatic heterocycles. The van der Waals surface area contributed by atoms with Gasteiger partial charge < -0.3 is 15.5 Å². The van der Waals surface area contributed by atoms with E-state index in [0.717, 1.165) is 6.42 Å². The van der Waals surface area contributed by atoms with E-state index >= 15 is 0 Å². The van der Waals surface area contributed by atoms with E-state index in [4.69, 9.17) is 10.2 Å². The molecule has 1 aromatic rings. The van der Waals surface area contributed by atoms with Crippen molar-refractivity contribution in [3.63, 3.8) is 0 Å². The molecule has 84 valence electrons. The standard InChI is InChI=1S/C11H18N2O2/c1-8(2)10(3-5-12)13-11(14)9-4-6-15-7-9/h4,6-8,10H,3,5,12H2,1-2H3,(H,13,14). The topological polar surface area (TPSA) is 68.3 Å². The molecule has 0 saturated heterocycles. The minimum absolute atomic E-state index is 0.101. The average Bonchev–Trinajstić information content (AvgIpc) is 2.69. The fourth-order valence-electron chi connectivity index (χ4n) is 1.40. The highest BCUT2D eigenvalue weighted by Gasteiger charge is 2.16. The summed E-state index contributed by atoms with van der Waals surface area (Å²) in [6.07, 6.45) is 3.72. The first kappa shape index (κ1) is 11.8. The van der Waals surface area contributed by atoms with Crippen LogP contribution in [0.5, 0.6) is 0 Å². The fraction of sp³-hybridized carbons (Fsp3) is 0.545. The van der Waals surface area contributed by atoms with Gasteiger partial charge in [0.1, 0.15) is 6.26 Å². The summed E-state index contributed by atoms with van der Waals surface area (Å²) in [5, 5.41) is 2.94. The first-order valence-corrected chi connectivity index (χ1v) is 5.18. The van der Waals surface area contributed by atoms with Crippen molar-refractivity contribution in [2.75, 3.05) is 6.54 Å². The molecule has 0 spiro atoms. The molecular weight excluding hydrogens is 192 g/mol. The second-order valence-electron chi connectivity index (χ2n) is 3.91. The minimum Gasteiger partial charge on any atom is -0.472 e. The van der Waals surface area contributed by atoms with Crippen molar-refractivity contribution in [3.05, 3.63) is 24.2 Å². The van der Waals surface area contributed by atoms with Crippen molar-refractivity contribution in [2.24, 2.45) is 11.7 Å². The number of carbonyl (C=O) groups is 1. The van der Waals surface area contributed by atoms with E-state index in [1.165, 1.54) is 12.5 Å². The Balaban J connectivity index is 2.55. The average molecular weight is 210 g/mol. The molecule has 0 saturated carbocycles. The molecule has 1 aromatic heterocycles. The monoisotopic (exact) mass is 210 g/mol. The third kappa shape index (κ3) is 3.40. The Morgan fingerprint density at radius 1 is 1.60 bits per heavy atom. The number of nitrogens with two attached hydrogens (primary N) is 1. The van der Waals surface area contributed by atoms with Crippen LogP contribution in [0.25, 0.3) is 0 Å². The first-order valence-electron chi connectivity index (χ1n) is 5.18. The third-order valence-electron chi connectivity index (χ3n) is 2.38. The van der Waals surface area contributed by atoms with Crippen LogP contribution in [0.3, 0.4) is 0 Å². The number of carbonyl (C=O) groups excluding carboxylic acids is 1. The predicted octanol–water partition coefficient (Wildman–Crippen LogP) is 1.38. The zero-order valence-corrected chi connectivity index (χ0v) is 9.19. The van der Waals surface area contributed by atoms with E-state index in [1.54, 1.807) is 6.07 Å². The maximum Gasteiger partial charge on any atom is 0.254 e. The van der Waals surface area contributed by atoms with E-state index in [0.29, 0.717) is 18.0 Å². The highest BCUT2D eigenvalue weighted by molar-refractivity contribution is 5.93. The van der Waals surface area contributed by atoms with Crippen molar-refractivity contribution in [1.29, 1.82) is 0 Å². The van der Waals surface area contributed by atoms with Crippen molar-refractivity contribution in [1.82, 2.24) is 5.32 Å². The maximum absolute atomic E-state index is 11.7. The molecule has 1 heterocycles. The van der Waals surface area contributed by atoms with Crippen LogP contribution in [-0.4, -0.2) is 18.5 Å². The molecule has 0 fully saturated rings. The Morgan fingerprint density at radius 2 is 2.33 bits per heavy atom. The Bertz CT molecular complexity index is 294. The normalized spacial score (nSPS) is 12.8. The van der Waals surface area contributed by atoms with E-state index in [-0.39, 0.29) is 11.9 Å². The van der Waals surface area contributed by atoms with Gasteiger partial charge in [0.05, 0.1) is 11.8 Å². The lowest BCUT2D eigenvalue weighted by molar-refractivity contribution is 0.0923. The Morgan fingerprint density at radius 3 is 2.80 bits per heavy atom. The number of amides is 1. The van der Waals surface area contributed by atoms with Crippen LogP contribution >= 0.6 is 0 Å². The first-order chi connectivity index (χ1) is 7.15. The van der Waals surface area contributed by atoms with E-state index in [9.17, 15) is 4.79 Å². The molecule has 0 bridgehead atoms. The van der Waals surface area contributed by atoms with Crippen LogP contribution in [0.15, 0.2) is 23.0 Å². The van der Waals surface area contributed by atoms with Crippen molar-refractivity contribution >= 4 is 5.91 Å². The summed E-state index contributed by atoms with van der Waals surface area (Å²) in [4.78, 5) is 11.7. The van der Waals surface area contributed by atoms with Gasteiger partial charge in [0, 0.05) is 6.04 Å².